The second-order valence-corrected chi connectivity index (χ2v) is 7.86. The molecule has 1 N–H and O–H groups in total. The number of carbonyl (C=O) groups excluding carboxylic acids is 1. The molecule has 158 valence electrons. The van der Waals surface area contributed by atoms with Gasteiger partial charge in [-0.05, 0) is 46.8 Å². The van der Waals surface area contributed by atoms with Crippen molar-refractivity contribution in [3.8, 4) is 17.1 Å². The van der Waals surface area contributed by atoms with Crippen LogP contribution >= 0.6 is 35.0 Å². The molecule has 0 aliphatic heterocycles. The highest BCUT2D eigenvalue weighted by Crippen LogP contribution is 2.30. The van der Waals surface area contributed by atoms with Crippen LogP contribution in [0.2, 0.25) is 10.0 Å². The van der Waals surface area contributed by atoms with Crippen LogP contribution in [0.5, 0.6) is 5.75 Å². The number of anilines is 1. The van der Waals surface area contributed by atoms with E-state index in [0.29, 0.717) is 26.7 Å². The minimum atomic E-state index is -0.250. The fourth-order valence-electron chi connectivity index (χ4n) is 2.74. The molecule has 2 heterocycles. The molecule has 0 spiro atoms. The predicted octanol–water partition coefficient (Wildman–Crippen LogP) is 3.89. The Balaban J connectivity index is 1.45. The third kappa shape index (κ3) is 4.66. The Morgan fingerprint density at radius 2 is 1.84 bits per heavy atom. The van der Waals surface area contributed by atoms with Crippen LogP contribution in [-0.2, 0) is 4.79 Å². The minimum absolute atomic E-state index is 0.0657. The molecule has 0 aliphatic carbocycles. The number of aromatic nitrogens is 6. The number of amides is 1. The molecule has 4 rings (SSSR count). The highest BCUT2D eigenvalue weighted by atomic mass is 35.5. The number of nitrogens with zero attached hydrogens (tertiary/aromatic N) is 6. The molecule has 0 fully saturated rings. The summed E-state index contributed by atoms with van der Waals surface area (Å²) in [6.07, 6.45) is 1.60. The van der Waals surface area contributed by atoms with Crippen LogP contribution < -0.4 is 10.1 Å². The van der Waals surface area contributed by atoms with Crippen molar-refractivity contribution in [2.24, 2.45) is 0 Å². The van der Waals surface area contributed by atoms with E-state index in [0.717, 1.165) is 23.2 Å². The van der Waals surface area contributed by atoms with E-state index in [4.69, 9.17) is 27.9 Å². The van der Waals surface area contributed by atoms with Crippen LogP contribution in [0.3, 0.4) is 0 Å². The number of methoxy groups -OCH3 is 1. The Labute approximate surface area is 191 Å². The molecule has 1 amide bonds. The second kappa shape index (κ2) is 9.38. The maximum atomic E-state index is 12.5. The van der Waals surface area contributed by atoms with Gasteiger partial charge in [0.2, 0.25) is 11.1 Å². The van der Waals surface area contributed by atoms with Crippen LogP contribution in [-0.4, -0.2) is 48.8 Å². The van der Waals surface area contributed by atoms with Gasteiger partial charge >= 0.3 is 0 Å². The summed E-state index contributed by atoms with van der Waals surface area (Å²) in [5.41, 5.74) is 1.24. The van der Waals surface area contributed by atoms with Crippen molar-refractivity contribution in [2.45, 2.75) is 5.16 Å². The number of halogens is 2. The fraction of sp³-hybridized carbons (Fsp3) is 0.105. The molecule has 0 atom stereocenters. The smallest absolute Gasteiger partial charge is 0.236 e. The van der Waals surface area contributed by atoms with E-state index >= 15 is 0 Å². The molecule has 0 unspecified atom stereocenters. The van der Waals surface area contributed by atoms with Gasteiger partial charge in [-0.1, -0.05) is 41.0 Å². The lowest BCUT2D eigenvalue weighted by Gasteiger charge is -2.10. The fourth-order valence-corrected chi connectivity index (χ4v) is 3.97. The Morgan fingerprint density at radius 3 is 2.55 bits per heavy atom. The van der Waals surface area contributed by atoms with Gasteiger partial charge in [-0.15, -0.1) is 5.10 Å². The normalized spacial score (nSPS) is 10.8. The average Bonchev–Trinajstić information content (AvgIpc) is 3.42. The number of para-hydroxylation sites is 1. The van der Waals surface area contributed by atoms with E-state index in [-0.39, 0.29) is 11.7 Å². The number of hydrogen-bond donors (Lipinski definition) is 1. The van der Waals surface area contributed by atoms with Crippen LogP contribution in [0.4, 0.5) is 5.82 Å². The first-order valence-electron chi connectivity index (χ1n) is 8.90. The van der Waals surface area contributed by atoms with Crippen molar-refractivity contribution in [3.05, 3.63) is 64.8 Å². The van der Waals surface area contributed by atoms with Gasteiger partial charge in [-0.25, -0.2) is 4.68 Å². The average molecular weight is 476 g/mol. The van der Waals surface area contributed by atoms with Gasteiger partial charge < -0.3 is 10.1 Å². The summed E-state index contributed by atoms with van der Waals surface area (Å²) in [6, 6.07) is 14.1. The monoisotopic (exact) mass is 475 g/mol. The highest BCUT2D eigenvalue weighted by Gasteiger charge is 2.17. The van der Waals surface area contributed by atoms with E-state index in [1.807, 2.05) is 24.3 Å². The number of carbonyl (C=O) groups is 1. The van der Waals surface area contributed by atoms with Crippen LogP contribution in [0.25, 0.3) is 11.4 Å². The van der Waals surface area contributed by atoms with Crippen molar-refractivity contribution in [1.29, 1.82) is 0 Å². The lowest BCUT2D eigenvalue weighted by atomic mass is 10.3. The molecule has 2 aromatic heterocycles. The number of hydrogen-bond acceptors (Lipinski definition) is 7. The maximum Gasteiger partial charge on any atom is 0.236 e. The first-order chi connectivity index (χ1) is 15.1. The molecule has 0 saturated heterocycles. The Hall–Kier alpha value is -3.08. The minimum Gasteiger partial charge on any atom is -0.497 e. The summed E-state index contributed by atoms with van der Waals surface area (Å²) >= 11 is 13.6. The van der Waals surface area contributed by atoms with Crippen LogP contribution in [0.15, 0.2) is 59.9 Å². The molecule has 12 heteroatoms. The zero-order valence-electron chi connectivity index (χ0n) is 16.1. The summed E-state index contributed by atoms with van der Waals surface area (Å²) in [5.74, 6) is 1.08. The van der Waals surface area contributed by atoms with Gasteiger partial charge in [-0.2, -0.15) is 9.78 Å². The molecule has 31 heavy (non-hydrogen) atoms. The lowest BCUT2D eigenvalue weighted by molar-refractivity contribution is -0.113. The molecule has 0 radical (unpaired) electrons. The Morgan fingerprint density at radius 1 is 1.10 bits per heavy atom. The molecule has 0 bridgehead atoms. The van der Waals surface area contributed by atoms with E-state index < -0.39 is 0 Å². The van der Waals surface area contributed by atoms with Crippen molar-refractivity contribution >= 4 is 46.7 Å². The van der Waals surface area contributed by atoms with Gasteiger partial charge in [0.05, 0.1) is 34.8 Å². The quantitative estimate of drug-likeness (QED) is 0.404. The van der Waals surface area contributed by atoms with Gasteiger partial charge in [0.15, 0.2) is 0 Å². The summed E-state index contributed by atoms with van der Waals surface area (Å²) in [7, 11) is 1.60. The summed E-state index contributed by atoms with van der Waals surface area (Å²) in [6.45, 7) is 0. The number of ether oxygens (including phenoxy) is 1. The molecular formula is C19H15Cl2N7O2S. The number of tetrazole rings is 1. The predicted molar refractivity (Wildman–Crippen MR) is 119 cm³/mol. The van der Waals surface area contributed by atoms with E-state index in [1.54, 1.807) is 42.3 Å². The topological polar surface area (TPSA) is 99.8 Å². The number of nitrogens with one attached hydrogen (secondary N) is 1. The summed E-state index contributed by atoms with van der Waals surface area (Å²) < 4.78 is 8.20. The highest BCUT2D eigenvalue weighted by molar-refractivity contribution is 7.99. The third-order valence-electron chi connectivity index (χ3n) is 4.15. The lowest BCUT2D eigenvalue weighted by Crippen LogP contribution is -2.17. The molecular weight excluding hydrogens is 461 g/mol. The zero-order chi connectivity index (χ0) is 21.8. The number of rotatable bonds is 7. The zero-order valence-corrected chi connectivity index (χ0v) is 18.4. The molecule has 4 aromatic rings. The third-order valence-corrected chi connectivity index (χ3v) is 5.68. The maximum absolute atomic E-state index is 12.5. The Kier molecular flexibility index (Phi) is 6.40. The Bertz CT molecular complexity index is 1190. The summed E-state index contributed by atoms with van der Waals surface area (Å²) in [4.78, 5) is 12.5. The molecule has 0 saturated carbocycles. The summed E-state index contributed by atoms with van der Waals surface area (Å²) in [5, 5.41) is 19.9. The van der Waals surface area contributed by atoms with Crippen molar-refractivity contribution in [2.75, 3.05) is 18.2 Å². The van der Waals surface area contributed by atoms with E-state index in [1.165, 1.54) is 4.68 Å². The SMILES string of the molecule is COc1ccc(-n2nccc2NC(=O)CSc2nnnn2-c2c(Cl)cccc2Cl)cc1. The van der Waals surface area contributed by atoms with E-state index in [2.05, 4.69) is 25.9 Å². The van der Waals surface area contributed by atoms with Gasteiger partial charge in [-0.3, -0.25) is 4.79 Å². The number of thioether (sulfide) groups is 1. The van der Waals surface area contributed by atoms with Crippen molar-refractivity contribution in [3.63, 3.8) is 0 Å². The first-order valence-corrected chi connectivity index (χ1v) is 10.6. The molecule has 9 nitrogen and oxygen atoms in total. The van der Waals surface area contributed by atoms with Crippen LogP contribution in [0, 0.1) is 0 Å². The standard InChI is InChI=1S/C19H15Cl2N7O2S/c1-30-13-7-5-12(6-8-13)27-16(9-10-22-27)23-17(29)11-31-19-24-25-26-28(19)18-14(20)3-2-4-15(18)21/h2-10H,11H2,1H3,(H,23,29). The first kappa shape index (κ1) is 21.2. The molecule has 2 aromatic carbocycles. The van der Waals surface area contributed by atoms with Crippen molar-refractivity contribution < 1.29 is 9.53 Å². The van der Waals surface area contributed by atoms with Gasteiger partial charge in [0.25, 0.3) is 0 Å². The van der Waals surface area contributed by atoms with Crippen LogP contribution in [0.1, 0.15) is 0 Å². The largest absolute Gasteiger partial charge is 0.497 e. The molecule has 0 aliphatic rings. The van der Waals surface area contributed by atoms with Crippen molar-refractivity contribution in [1.82, 2.24) is 30.0 Å². The van der Waals surface area contributed by atoms with E-state index in [9.17, 15) is 4.79 Å². The number of benzene rings is 2. The van der Waals surface area contributed by atoms with Gasteiger partial charge in [0.1, 0.15) is 17.3 Å². The van der Waals surface area contributed by atoms with Gasteiger partial charge in [0, 0.05) is 6.07 Å². The second-order valence-electron chi connectivity index (χ2n) is 6.11.